The molecular weight excluding hydrogens is 274 g/mol. The first-order valence-electron chi connectivity index (χ1n) is 7.96. The third-order valence-corrected chi connectivity index (χ3v) is 3.70. The molecule has 0 radical (unpaired) electrons. The maximum absolute atomic E-state index is 10.1. The van der Waals surface area contributed by atoms with Crippen LogP contribution < -0.4 is 5.48 Å². The molecule has 22 heavy (non-hydrogen) atoms. The van der Waals surface area contributed by atoms with Crippen LogP contribution in [-0.2, 0) is 4.84 Å². The summed E-state index contributed by atoms with van der Waals surface area (Å²) in [4.78, 5) is 5.56. The average Bonchev–Trinajstić information content (AvgIpc) is 2.59. The van der Waals surface area contributed by atoms with Gasteiger partial charge in [-0.25, -0.2) is 0 Å². The number of aliphatic hydroxyl groups is 1. The van der Waals surface area contributed by atoms with E-state index in [0.717, 1.165) is 24.8 Å². The van der Waals surface area contributed by atoms with E-state index in [9.17, 15) is 5.11 Å². The fourth-order valence-corrected chi connectivity index (χ4v) is 2.39. The molecule has 2 rings (SSSR count). The highest BCUT2D eigenvalue weighted by Crippen LogP contribution is 2.20. The van der Waals surface area contributed by atoms with E-state index in [4.69, 9.17) is 4.84 Å². The average molecular weight is 299 g/mol. The fourth-order valence-electron chi connectivity index (χ4n) is 2.39. The normalized spacial score (nSPS) is 13.7. The zero-order valence-corrected chi connectivity index (χ0v) is 13.1. The van der Waals surface area contributed by atoms with Crippen molar-refractivity contribution >= 4 is 0 Å². The van der Waals surface area contributed by atoms with E-state index < -0.39 is 6.10 Å². The molecule has 0 amide bonds. The predicted octanol–water partition coefficient (Wildman–Crippen LogP) is 4.17. The molecule has 0 aliphatic heterocycles. The zero-order chi connectivity index (χ0) is 15.6. The molecule has 118 valence electrons. The van der Waals surface area contributed by atoms with Crippen molar-refractivity contribution in [1.82, 2.24) is 5.48 Å². The summed E-state index contributed by atoms with van der Waals surface area (Å²) in [5.74, 6) is 0. The Morgan fingerprint density at radius 1 is 0.955 bits per heavy atom. The van der Waals surface area contributed by atoms with Gasteiger partial charge in [-0.15, -0.1) is 0 Å². The molecule has 0 aliphatic carbocycles. The quantitative estimate of drug-likeness (QED) is 0.683. The number of benzene rings is 2. The molecule has 0 aromatic heterocycles. The molecule has 0 spiro atoms. The van der Waals surface area contributed by atoms with Crippen molar-refractivity contribution in [1.29, 1.82) is 0 Å². The minimum Gasteiger partial charge on any atom is -0.386 e. The molecule has 2 aromatic rings. The molecule has 0 fully saturated rings. The van der Waals surface area contributed by atoms with Crippen LogP contribution in [0.5, 0.6) is 0 Å². The van der Waals surface area contributed by atoms with Crippen LogP contribution in [0.3, 0.4) is 0 Å². The predicted molar refractivity (Wildman–Crippen MR) is 89.2 cm³/mol. The van der Waals surface area contributed by atoms with Gasteiger partial charge in [-0.1, -0.05) is 80.4 Å². The summed E-state index contributed by atoms with van der Waals surface area (Å²) in [5.41, 5.74) is 5.19. The zero-order valence-electron chi connectivity index (χ0n) is 13.1. The highest BCUT2D eigenvalue weighted by atomic mass is 16.6. The maximum Gasteiger partial charge on any atom is 0.104 e. The van der Waals surface area contributed by atoms with Crippen molar-refractivity contribution in [2.75, 3.05) is 6.61 Å². The van der Waals surface area contributed by atoms with E-state index in [1.165, 1.54) is 5.56 Å². The Kier molecular flexibility index (Phi) is 7.10. The Labute approximate surface area is 132 Å². The first-order valence-corrected chi connectivity index (χ1v) is 7.96. The lowest BCUT2D eigenvalue weighted by Gasteiger charge is -2.20. The second-order valence-electron chi connectivity index (χ2n) is 5.46. The van der Waals surface area contributed by atoms with E-state index in [2.05, 4.69) is 24.5 Å². The molecule has 2 atom stereocenters. The fraction of sp³-hybridized carbons (Fsp3) is 0.368. The van der Waals surface area contributed by atoms with Crippen LogP contribution in [0, 0.1) is 0 Å². The van der Waals surface area contributed by atoms with Gasteiger partial charge in [-0.2, -0.15) is 5.48 Å². The second kappa shape index (κ2) is 9.36. The summed E-state index contributed by atoms with van der Waals surface area (Å²) in [6, 6.07) is 20.0. The van der Waals surface area contributed by atoms with Gasteiger partial charge in [0.25, 0.3) is 0 Å². The number of hydroxylamine groups is 1. The largest absolute Gasteiger partial charge is 0.386 e. The van der Waals surface area contributed by atoms with Crippen molar-refractivity contribution < 1.29 is 9.94 Å². The van der Waals surface area contributed by atoms with Crippen LogP contribution in [0.25, 0.3) is 0 Å². The molecule has 0 unspecified atom stereocenters. The number of hydrogen-bond acceptors (Lipinski definition) is 3. The van der Waals surface area contributed by atoms with E-state index in [-0.39, 0.29) is 12.6 Å². The van der Waals surface area contributed by atoms with Gasteiger partial charge in [0.05, 0.1) is 12.6 Å². The van der Waals surface area contributed by atoms with Crippen molar-refractivity contribution in [3.05, 3.63) is 71.8 Å². The number of rotatable bonds is 9. The van der Waals surface area contributed by atoms with Crippen molar-refractivity contribution in [2.24, 2.45) is 0 Å². The van der Waals surface area contributed by atoms with Gasteiger partial charge in [-0.05, 0) is 17.5 Å². The number of hydrogen-bond donors (Lipinski definition) is 2. The summed E-state index contributed by atoms with van der Waals surface area (Å²) in [6.45, 7) is 2.42. The highest BCUT2D eigenvalue weighted by Gasteiger charge is 2.12. The van der Waals surface area contributed by atoms with Crippen molar-refractivity contribution in [3.8, 4) is 0 Å². The maximum atomic E-state index is 10.1. The van der Waals surface area contributed by atoms with Crippen molar-refractivity contribution in [2.45, 2.75) is 38.3 Å². The van der Waals surface area contributed by atoms with Crippen LogP contribution >= 0.6 is 0 Å². The lowest BCUT2D eigenvalue weighted by atomic mass is 10.0. The molecule has 3 heteroatoms. The van der Waals surface area contributed by atoms with Gasteiger partial charge in [0.1, 0.15) is 6.10 Å². The van der Waals surface area contributed by atoms with E-state index in [1.54, 1.807) is 0 Å². The topological polar surface area (TPSA) is 41.5 Å². The van der Waals surface area contributed by atoms with Crippen molar-refractivity contribution in [3.63, 3.8) is 0 Å². The molecule has 0 saturated heterocycles. The van der Waals surface area contributed by atoms with Crippen LogP contribution in [0.4, 0.5) is 0 Å². The standard InChI is InChI=1S/C19H25NO2/c1-2-3-14-18(16-10-6-4-7-11-16)20-22-15-19(21)17-12-8-5-9-13-17/h4-13,18-21H,2-3,14-15H2,1H3/t18-,19-/m0/s1. The van der Waals surface area contributed by atoms with E-state index in [1.807, 2.05) is 48.5 Å². The molecule has 0 aliphatic rings. The molecule has 0 saturated carbocycles. The van der Waals surface area contributed by atoms with Crippen LogP contribution in [-0.4, -0.2) is 11.7 Å². The van der Waals surface area contributed by atoms with E-state index >= 15 is 0 Å². The Balaban J connectivity index is 1.86. The Hall–Kier alpha value is -1.68. The highest BCUT2D eigenvalue weighted by molar-refractivity contribution is 5.19. The number of aliphatic hydroxyl groups excluding tert-OH is 1. The number of nitrogens with one attached hydrogen (secondary N) is 1. The van der Waals surface area contributed by atoms with E-state index in [0.29, 0.717) is 0 Å². The van der Waals surface area contributed by atoms with Crippen LogP contribution in [0.15, 0.2) is 60.7 Å². The van der Waals surface area contributed by atoms with Gasteiger partial charge in [-0.3, -0.25) is 4.84 Å². The summed E-state index contributed by atoms with van der Waals surface area (Å²) in [6.07, 6.45) is 2.69. The Bertz CT molecular complexity index is 515. The second-order valence-corrected chi connectivity index (χ2v) is 5.46. The smallest absolute Gasteiger partial charge is 0.104 e. The molecule has 2 aromatic carbocycles. The summed E-state index contributed by atoms with van der Waals surface area (Å²) < 4.78 is 0. The molecular formula is C19H25NO2. The molecule has 0 heterocycles. The minimum atomic E-state index is -0.615. The van der Waals surface area contributed by atoms with Gasteiger partial charge < -0.3 is 5.11 Å². The SMILES string of the molecule is CCCC[C@H](NOC[C@H](O)c1ccccc1)c1ccccc1. The Morgan fingerprint density at radius 2 is 1.55 bits per heavy atom. The molecule has 2 N–H and O–H groups in total. The van der Waals surface area contributed by atoms with Gasteiger partial charge >= 0.3 is 0 Å². The van der Waals surface area contributed by atoms with Crippen LogP contribution in [0.2, 0.25) is 0 Å². The first-order chi connectivity index (χ1) is 10.8. The molecule has 3 nitrogen and oxygen atoms in total. The first kappa shape index (κ1) is 16.7. The lowest BCUT2D eigenvalue weighted by Crippen LogP contribution is -2.24. The van der Waals surface area contributed by atoms with Gasteiger partial charge in [0.2, 0.25) is 0 Å². The summed E-state index contributed by atoms with van der Waals surface area (Å²) in [5, 5.41) is 10.1. The summed E-state index contributed by atoms with van der Waals surface area (Å²) >= 11 is 0. The number of unbranched alkanes of at least 4 members (excludes halogenated alkanes) is 1. The molecule has 0 bridgehead atoms. The summed E-state index contributed by atoms with van der Waals surface area (Å²) in [7, 11) is 0. The lowest BCUT2D eigenvalue weighted by molar-refractivity contribution is -0.0381. The third-order valence-electron chi connectivity index (χ3n) is 3.70. The van der Waals surface area contributed by atoms with Crippen LogP contribution in [0.1, 0.15) is 49.5 Å². The van der Waals surface area contributed by atoms with Gasteiger partial charge in [0, 0.05) is 0 Å². The monoisotopic (exact) mass is 299 g/mol. The Morgan fingerprint density at radius 3 is 2.14 bits per heavy atom. The third kappa shape index (κ3) is 5.26. The minimum absolute atomic E-state index is 0.157. The van der Waals surface area contributed by atoms with Gasteiger partial charge in [0.15, 0.2) is 0 Å².